The van der Waals surface area contributed by atoms with Crippen molar-refractivity contribution < 1.29 is 9.50 Å². The summed E-state index contributed by atoms with van der Waals surface area (Å²) in [6, 6.07) is 5.08. The van der Waals surface area contributed by atoms with Crippen LogP contribution < -0.4 is 0 Å². The number of nitrogens with zero attached hydrogens (tertiary/aromatic N) is 3. The monoisotopic (exact) mass is 213 g/mol. The number of hydrogen-bond donors (Lipinski definition) is 1. The molecule has 0 aliphatic rings. The van der Waals surface area contributed by atoms with E-state index < -0.39 is 6.01 Å². The fourth-order valence-corrected chi connectivity index (χ4v) is 1.24. The van der Waals surface area contributed by atoms with Gasteiger partial charge < -0.3 is 5.11 Å². The highest BCUT2D eigenvalue weighted by Crippen LogP contribution is 2.16. The van der Waals surface area contributed by atoms with Crippen molar-refractivity contribution in [3.8, 4) is 11.7 Å². The van der Waals surface area contributed by atoms with E-state index in [0.717, 1.165) is 0 Å². The SMILES string of the molecule is Oc1nc(Cl)n(-c2ccc(F)cc2)n1. The number of halogens is 2. The molecule has 72 valence electrons. The molecule has 0 fully saturated rings. The topological polar surface area (TPSA) is 50.9 Å². The largest absolute Gasteiger partial charge is 0.478 e. The molecule has 0 saturated carbocycles. The fraction of sp³-hybridized carbons (Fsp3) is 0. The van der Waals surface area contributed by atoms with E-state index in [1.54, 1.807) is 0 Å². The highest BCUT2D eigenvalue weighted by molar-refractivity contribution is 6.28. The molecular formula is C8H5ClFN3O. The summed E-state index contributed by atoms with van der Waals surface area (Å²) in [4.78, 5) is 3.49. The summed E-state index contributed by atoms with van der Waals surface area (Å²) < 4.78 is 13.8. The van der Waals surface area contributed by atoms with Crippen LogP contribution in [0.5, 0.6) is 6.01 Å². The maximum atomic E-state index is 12.6. The van der Waals surface area contributed by atoms with Gasteiger partial charge in [0.05, 0.1) is 5.69 Å². The van der Waals surface area contributed by atoms with Gasteiger partial charge in [0.15, 0.2) is 0 Å². The van der Waals surface area contributed by atoms with Crippen molar-refractivity contribution in [1.82, 2.24) is 14.8 Å². The average molecular weight is 214 g/mol. The van der Waals surface area contributed by atoms with E-state index in [4.69, 9.17) is 16.7 Å². The summed E-state index contributed by atoms with van der Waals surface area (Å²) in [6.45, 7) is 0. The molecule has 0 spiro atoms. The Kier molecular flexibility index (Phi) is 2.09. The second-order valence-corrected chi connectivity index (χ2v) is 2.91. The molecule has 0 radical (unpaired) electrons. The van der Waals surface area contributed by atoms with Crippen molar-refractivity contribution in [2.24, 2.45) is 0 Å². The van der Waals surface area contributed by atoms with Crippen molar-refractivity contribution >= 4 is 11.6 Å². The lowest BCUT2D eigenvalue weighted by molar-refractivity contribution is 0.430. The first-order chi connectivity index (χ1) is 6.66. The van der Waals surface area contributed by atoms with E-state index in [1.807, 2.05) is 0 Å². The van der Waals surface area contributed by atoms with Crippen LogP contribution in [-0.2, 0) is 0 Å². The molecule has 1 heterocycles. The van der Waals surface area contributed by atoms with Crippen LogP contribution in [0.2, 0.25) is 5.28 Å². The minimum atomic E-state index is -0.417. The van der Waals surface area contributed by atoms with Crippen molar-refractivity contribution in [2.45, 2.75) is 0 Å². The number of hydrogen-bond acceptors (Lipinski definition) is 3. The Labute approximate surface area is 83.6 Å². The normalized spacial score (nSPS) is 10.4. The maximum Gasteiger partial charge on any atom is 0.334 e. The Morgan fingerprint density at radius 2 is 1.93 bits per heavy atom. The first-order valence-electron chi connectivity index (χ1n) is 3.74. The molecule has 2 aromatic rings. The highest BCUT2D eigenvalue weighted by Gasteiger charge is 2.07. The Bertz CT molecular complexity index is 454. The summed E-state index contributed by atoms with van der Waals surface area (Å²) >= 11 is 5.65. The van der Waals surface area contributed by atoms with E-state index >= 15 is 0 Å². The van der Waals surface area contributed by atoms with Crippen LogP contribution in [0.1, 0.15) is 0 Å². The van der Waals surface area contributed by atoms with Gasteiger partial charge in [-0.25, -0.2) is 4.39 Å². The third kappa shape index (κ3) is 1.54. The summed E-state index contributed by atoms with van der Waals surface area (Å²) in [7, 11) is 0. The molecular weight excluding hydrogens is 209 g/mol. The van der Waals surface area contributed by atoms with Crippen molar-refractivity contribution in [3.63, 3.8) is 0 Å². The zero-order valence-electron chi connectivity index (χ0n) is 6.85. The van der Waals surface area contributed by atoms with Crippen LogP contribution in [0.3, 0.4) is 0 Å². The number of rotatable bonds is 1. The summed E-state index contributed by atoms with van der Waals surface area (Å²) in [5, 5.41) is 12.6. The zero-order valence-corrected chi connectivity index (χ0v) is 7.61. The third-order valence-electron chi connectivity index (χ3n) is 1.63. The molecule has 6 heteroatoms. The van der Waals surface area contributed by atoms with Crippen molar-refractivity contribution in [3.05, 3.63) is 35.4 Å². The fourth-order valence-electron chi connectivity index (χ4n) is 1.03. The standard InChI is InChI=1S/C8H5ClFN3O/c9-7-11-8(14)12-13(7)6-3-1-5(10)2-4-6/h1-4H,(H,12,14). The van der Waals surface area contributed by atoms with Crippen LogP contribution in [0.15, 0.2) is 24.3 Å². The first kappa shape index (κ1) is 8.96. The van der Waals surface area contributed by atoms with Crippen molar-refractivity contribution in [2.75, 3.05) is 0 Å². The number of aromatic nitrogens is 3. The quantitative estimate of drug-likeness (QED) is 0.786. The molecule has 0 bridgehead atoms. The lowest BCUT2D eigenvalue weighted by atomic mass is 10.3. The smallest absolute Gasteiger partial charge is 0.334 e. The summed E-state index contributed by atoms with van der Waals surface area (Å²) in [6.07, 6.45) is 0. The lowest BCUT2D eigenvalue weighted by Gasteiger charge is -1.99. The van der Waals surface area contributed by atoms with Gasteiger partial charge in [-0.2, -0.15) is 9.67 Å². The molecule has 4 nitrogen and oxygen atoms in total. The van der Waals surface area contributed by atoms with E-state index in [2.05, 4.69) is 10.1 Å². The molecule has 0 amide bonds. The van der Waals surface area contributed by atoms with E-state index in [1.165, 1.54) is 28.9 Å². The van der Waals surface area contributed by atoms with Crippen LogP contribution in [0.4, 0.5) is 4.39 Å². The molecule has 1 N–H and O–H groups in total. The van der Waals surface area contributed by atoms with E-state index in [-0.39, 0.29) is 11.1 Å². The first-order valence-corrected chi connectivity index (χ1v) is 4.12. The maximum absolute atomic E-state index is 12.6. The van der Waals surface area contributed by atoms with Gasteiger partial charge in [-0.1, -0.05) is 0 Å². The molecule has 0 aliphatic carbocycles. The Morgan fingerprint density at radius 3 is 2.43 bits per heavy atom. The molecule has 0 aliphatic heterocycles. The predicted molar refractivity (Wildman–Crippen MR) is 48.0 cm³/mol. The van der Waals surface area contributed by atoms with Gasteiger partial charge >= 0.3 is 6.01 Å². The lowest BCUT2D eigenvalue weighted by Crippen LogP contribution is -1.96. The second-order valence-electron chi connectivity index (χ2n) is 2.57. The van der Waals surface area contributed by atoms with Crippen molar-refractivity contribution in [1.29, 1.82) is 0 Å². The van der Waals surface area contributed by atoms with E-state index in [9.17, 15) is 4.39 Å². The van der Waals surface area contributed by atoms with Gasteiger partial charge in [-0.3, -0.25) is 0 Å². The third-order valence-corrected chi connectivity index (χ3v) is 1.87. The van der Waals surface area contributed by atoms with Crippen LogP contribution >= 0.6 is 11.6 Å². The summed E-state index contributed by atoms with van der Waals surface area (Å²) in [5.41, 5.74) is 0.532. The molecule has 0 atom stereocenters. The second kappa shape index (κ2) is 3.26. The Morgan fingerprint density at radius 1 is 1.29 bits per heavy atom. The number of aromatic hydroxyl groups is 1. The van der Waals surface area contributed by atoms with Gasteiger partial charge in [-0.15, -0.1) is 5.10 Å². The van der Waals surface area contributed by atoms with Gasteiger partial charge in [-0.05, 0) is 35.9 Å². The molecule has 1 aromatic carbocycles. The van der Waals surface area contributed by atoms with Gasteiger partial charge in [0.1, 0.15) is 5.82 Å². The predicted octanol–water partition coefficient (Wildman–Crippen LogP) is 1.77. The minimum absolute atomic E-state index is 0.0223. The average Bonchev–Trinajstić information content (AvgIpc) is 2.47. The minimum Gasteiger partial charge on any atom is -0.478 e. The molecule has 2 rings (SSSR count). The van der Waals surface area contributed by atoms with Crippen LogP contribution in [0.25, 0.3) is 5.69 Å². The Balaban J connectivity index is 2.49. The van der Waals surface area contributed by atoms with E-state index in [0.29, 0.717) is 5.69 Å². The van der Waals surface area contributed by atoms with Gasteiger partial charge in [0, 0.05) is 0 Å². The van der Waals surface area contributed by atoms with Gasteiger partial charge in [0.25, 0.3) is 0 Å². The van der Waals surface area contributed by atoms with Gasteiger partial charge in [0.2, 0.25) is 5.28 Å². The zero-order chi connectivity index (χ0) is 10.1. The molecule has 0 unspecified atom stereocenters. The molecule has 14 heavy (non-hydrogen) atoms. The Hall–Kier alpha value is -1.62. The molecule has 0 saturated heterocycles. The highest BCUT2D eigenvalue weighted by atomic mass is 35.5. The number of benzene rings is 1. The summed E-state index contributed by atoms with van der Waals surface area (Å²) in [5.74, 6) is -0.353. The van der Waals surface area contributed by atoms with Crippen LogP contribution in [-0.4, -0.2) is 19.9 Å². The van der Waals surface area contributed by atoms with Crippen LogP contribution in [0, 0.1) is 5.82 Å². The molecule has 1 aromatic heterocycles.